The van der Waals surface area contributed by atoms with Crippen molar-refractivity contribution in [1.29, 1.82) is 16.1 Å². The first-order valence-corrected chi connectivity index (χ1v) is 9.36. The molecule has 8 heteroatoms. The third kappa shape index (κ3) is 6.35. The number of hydrogen-bond acceptors (Lipinski definition) is 6. The second-order valence-corrected chi connectivity index (χ2v) is 6.30. The molecule has 1 aromatic rings. The predicted octanol–water partition coefficient (Wildman–Crippen LogP) is 4.93. The van der Waals surface area contributed by atoms with Gasteiger partial charge in [0.1, 0.15) is 17.6 Å². The second kappa shape index (κ2) is 11.7. The van der Waals surface area contributed by atoms with Gasteiger partial charge in [0.15, 0.2) is 0 Å². The molecule has 0 heterocycles. The van der Waals surface area contributed by atoms with Gasteiger partial charge >= 0.3 is 0 Å². The quantitative estimate of drug-likeness (QED) is 0.167. The van der Waals surface area contributed by atoms with Crippen molar-refractivity contribution in [1.82, 2.24) is 5.32 Å². The zero-order valence-electron chi connectivity index (χ0n) is 15.8. The maximum Gasteiger partial charge on any atom is 0.124 e. The minimum absolute atomic E-state index is 0.0912. The van der Waals surface area contributed by atoms with Crippen molar-refractivity contribution >= 4 is 39.8 Å². The number of ether oxygens (including phenoxy) is 1. The SMILES string of the molecule is C=C(OCC)c1cc(F)ccc1N/C(C/C(C=N)=C(\Br)NCC)=C(/C#N)C=N. The fraction of sp³-hybridized carbons (Fsp3) is 0.250. The number of nitrogens with zero attached hydrogens (tertiary/aromatic N) is 1. The van der Waals surface area contributed by atoms with Crippen molar-refractivity contribution in [2.45, 2.75) is 20.3 Å². The van der Waals surface area contributed by atoms with Crippen molar-refractivity contribution in [3.05, 3.63) is 57.6 Å². The van der Waals surface area contributed by atoms with Gasteiger partial charge < -0.3 is 26.2 Å². The van der Waals surface area contributed by atoms with E-state index in [-0.39, 0.29) is 17.8 Å². The van der Waals surface area contributed by atoms with E-state index in [1.54, 1.807) is 6.92 Å². The lowest BCUT2D eigenvalue weighted by atomic mass is 10.1. The molecule has 0 saturated heterocycles. The Hall–Kier alpha value is -2.92. The molecule has 0 atom stereocenters. The van der Waals surface area contributed by atoms with Gasteiger partial charge in [-0.3, -0.25) is 0 Å². The summed E-state index contributed by atoms with van der Waals surface area (Å²) in [7, 11) is 0. The van der Waals surface area contributed by atoms with Crippen LogP contribution in [0.2, 0.25) is 0 Å². The van der Waals surface area contributed by atoms with Crippen LogP contribution in [0.4, 0.5) is 10.1 Å². The molecular weight excluding hydrogens is 425 g/mol. The number of allylic oxidation sites excluding steroid dienone is 2. The van der Waals surface area contributed by atoms with E-state index in [0.717, 1.165) is 12.4 Å². The van der Waals surface area contributed by atoms with Crippen molar-refractivity contribution in [2.75, 3.05) is 18.5 Å². The molecule has 148 valence electrons. The third-order valence-electron chi connectivity index (χ3n) is 3.63. The average Bonchev–Trinajstić information content (AvgIpc) is 2.68. The lowest BCUT2D eigenvalue weighted by Gasteiger charge is -2.18. The highest BCUT2D eigenvalue weighted by atomic mass is 79.9. The first-order valence-electron chi connectivity index (χ1n) is 8.57. The summed E-state index contributed by atoms with van der Waals surface area (Å²) in [5, 5.41) is 30.8. The van der Waals surface area contributed by atoms with E-state index < -0.39 is 5.82 Å². The number of halogens is 2. The predicted molar refractivity (Wildman–Crippen MR) is 115 cm³/mol. The normalized spacial score (nSPS) is 12.1. The van der Waals surface area contributed by atoms with Crippen molar-refractivity contribution in [3.63, 3.8) is 0 Å². The van der Waals surface area contributed by atoms with Crippen LogP contribution in [0.25, 0.3) is 5.76 Å². The van der Waals surface area contributed by atoms with Gasteiger partial charge in [0.25, 0.3) is 0 Å². The Balaban J connectivity index is 3.42. The van der Waals surface area contributed by atoms with Crippen LogP contribution >= 0.6 is 15.9 Å². The Labute approximate surface area is 172 Å². The van der Waals surface area contributed by atoms with Crippen molar-refractivity contribution in [3.8, 4) is 6.07 Å². The third-order valence-corrected chi connectivity index (χ3v) is 4.42. The molecule has 0 aromatic heterocycles. The summed E-state index contributed by atoms with van der Waals surface area (Å²) in [6.45, 7) is 8.56. The van der Waals surface area contributed by atoms with E-state index in [9.17, 15) is 9.65 Å². The van der Waals surface area contributed by atoms with Gasteiger partial charge in [0.05, 0.1) is 16.8 Å². The number of nitriles is 1. The molecule has 0 spiro atoms. The summed E-state index contributed by atoms with van der Waals surface area (Å²) in [6, 6.07) is 6.05. The highest BCUT2D eigenvalue weighted by Crippen LogP contribution is 2.28. The minimum atomic E-state index is -0.450. The highest BCUT2D eigenvalue weighted by Gasteiger charge is 2.15. The van der Waals surface area contributed by atoms with Crippen LogP contribution in [0.3, 0.4) is 0 Å². The molecule has 0 aliphatic heterocycles. The van der Waals surface area contributed by atoms with Crippen LogP contribution in [-0.2, 0) is 4.74 Å². The van der Waals surface area contributed by atoms with Crippen molar-refractivity contribution < 1.29 is 9.13 Å². The van der Waals surface area contributed by atoms with Gasteiger partial charge in [0, 0.05) is 47.9 Å². The molecule has 0 fully saturated rings. The summed E-state index contributed by atoms with van der Waals surface area (Å²) in [6.07, 6.45) is 2.27. The molecular formula is C20H23BrFN5O. The molecule has 1 rings (SSSR count). The smallest absolute Gasteiger partial charge is 0.124 e. The van der Waals surface area contributed by atoms with Crippen molar-refractivity contribution in [2.24, 2.45) is 0 Å². The largest absolute Gasteiger partial charge is 0.494 e. The zero-order chi connectivity index (χ0) is 21.1. The Morgan fingerprint density at radius 1 is 1.36 bits per heavy atom. The molecule has 0 aliphatic rings. The molecule has 1 aromatic carbocycles. The molecule has 0 radical (unpaired) electrons. The summed E-state index contributed by atoms with van der Waals surface area (Å²) in [5.41, 5.74) is 1.95. The molecule has 0 saturated carbocycles. The molecule has 4 N–H and O–H groups in total. The summed E-state index contributed by atoms with van der Waals surface area (Å²) >= 11 is 3.38. The fourth-order valence-electron chi connectivity index (χ4n) is 2.32. The van der Waals surface area contributed by atoms with Gasteiger partial charge in [-0.15, -0.1) is 0 Å². The molecule has 28 heavy (non-hydrogen) atoms. The lowest BCUT2D eigenvalue weighted by molar-refractivity contribution is 0.299. The fourth-order valence-corrected chi connectivity index (χ4v) is 2.85. The van der Waals surface area contributed by atoms with Crippen LogP contribution in [0, 0.1) is 28.0 Å². The number of benzene rings is 1. The van der Waals surface area contributed by atoms with E-state index in [2.05, 4.69) is 33.1 Å². The summed E-state index contributed by atoms with van der Waals surface area (Å²) < 4.78 is 19.8. The molecule has 0 amide bonds. The molecule has 0 unspecified atom stereocenters. The minimum Gasteiger partial charge on any atom is -0.494 e. The van der Waals surface area contributed by atoms with Gasteiger partial charge in [-0.25, -0.2) is 4.39 Å². The van der Waals surface area contributed by atoms with E-state index in [0.29, 0.717) is 40.3 Å². The van der Waals surface area contributed by atoms with Gasteiger partial charge in [-0.05, 0) is 48.0 Å². The van der Waals surface area contributed by atoms with E-state index in [1.165, 1.54) is 18.2 Å². The number of anilines is 1. The number of rotatable bonds is 11. The van der Waals surface area contributed by atoms with E-state index in [1.807, 2.05) is 13.0 Å². The standard InChI is InChI=1S/C20H23BrFN5O/c1-4-26-20(21)14(10-23)8-19(15(11-24)12-25)27-18-7-6-16(22)9-17(18)13(3)28-5-2/h6-7,9-11,23-24,26-27H,3-5,8H2,1-2H3/b19-15+,20-14-,23-10?,24-11?. The van der Waals surface area contributed by atoms with Gasteiger partial charge in [-0.1, -0.05) is 6.58 Å². The van der Waals surface area contributed by atoms with E-state index >= 15 is 0 Å². The zero-order valence-corrected chi connectivity index (χ0v) is 17.4. The summed E-state index contributed by atoms with van der Waals surface area (Å²) in [5.74, 6) is -0.164. The average molecular weight is 448 g/mol. The molecule has 6 nitrogen and oxygen atoms in total. The second-order valence-electron chi connectivity index (χ2n) is 5.51. The first-order chi connectivity index (χ1) is 13.4. The van der Waals surface area contributed by atoms with Crippen LogP contribution in [0.1, 0.15) is 25.8 Å². The van der Waals surface area contributed by atoms with Crippen LogP contribution in [-0.4, -0.2) is 25.6 Å². The Kier molecular flexibility index (Phi) is 9.68. The topological polar surface area (TPSA) is 105 Å². The van der Waals surface area contributed by atoms with Gasteiger partial charge in [-0.2, -0.15) is 5.26 Å². The Bertz CT molecular complexity index is 855. The molecule has 0 bridgehead atoms. The van der Waals surface area contributed by atoms with Crippen LogP contribution in [0.5, 0.6) is 0 Å². The number of hydrogen-bond donors (Lipinski definition) is 4. The number of nitrogens with one attached hydrogen (secondary N) is 4. The van der Waals surface area contributed by atoms with Gasteiger partial charge in [0.2, 0.25) is 0 Å². The monoisotopic (exact) mass is 447 g/mol. The van der Waals surface area contributed by atoms with E-state index in [4.69, 9.17) is 15.6 Å². The van der Waals surface area contributed by atoms with Crippen LogP contribution < -0.4 is 10.6 Å². The summed E-state index contributed by atoms with van der Waals surface area (Å²) in [4.78, 5) is 0. The maximum absolute atomic E-state index is 13.8. The van der Waals surface area contributed by atoms with Crippen LogP contribution in [0.15, 0.2) is 46.2 Å². The first kappa shape index (κ1) is 23.1. The Morgan fingerprint density at radius 3 is 2.61 bits per heavy atom. The molecule has 0 aliphatic carbocycles. The maximum atomic E-state index is 13.8. The lowest BCUT2D eigenvalue weighted by Crippen LogP contribution is -2.13. The highest BCUT2D eigenvalue weighted by molar-refractivity contribution is 9.11. The Morgan fingerprint density at radius 2 is 2.07 bits per heavy atom.